The van der Waals surface area contributed by atoms with Crippen LogP contribution in [-0.4, -0.2) is 34.9 Å². The van der Waals surface area contributed by atoms with Gasteiger partial charge in [0.25, 0.3) is 0 Å². The lowest BCUT2D eigenvalue weighted by atomic mass is 10.0. The molecule has 0 bridgehead atoms. The summed E-state index contributed by atoms with van der Waals surface area (Å²) in [7, 11) is 0. The molecule has 1 amide bonds. The molecule has 0 aromatic heterocycles. The smallest absolute Gasteiger partial charge is 0.408 e. The van der Waals surface area contributed by atoms with Crippen molar-refractivity contribution in [3.63, 3.8) is 0 Å². The van der Waals surface area contributed by atoms with E-state index in [2.05, 4.69) is 15.3 Å². The van der Waals surface area contributed by atoms with Crippen molar-refractivity contribution in [2.24, 2.45) is 5.11 Å². The number of carbonyl (C=O) groups excluding carboxylic acids is 1. The van der Waals surface area contributed by atoms with Gasteiger partial charge in [-0.15, -0.1) is 0 Å². The summed E-state index contributed by atoms with van der Waals surface area (Å²) in [6.45, 7) is 5.78. The predicted molar refractivity (Wildman–Crippen MR) is 59.4 cm³/mol. The van der Waals surface area contributed by atoms with Crippen LogP contribution >= 0.6 is 0 Å². The lowest BCUT2D eigenvalue weighted by Crippen LogP contribution is -2.55. The Morgan fingerprint density at radius 1 is 1.41 bits per heavy atom. The van der Waals surface area contributed by atoms with Crippen LogP contribution in [-0.2, 0) is 9.53 Å². The van der Waals surface area contributed by atoms with E-state index in [1.54, 1.807) is 20.8 Å². The number of amides is 1. The molecule has 0 unspecified atom stereocenters. The van der Waals surface area contributed by atoms with Gasteiger partial charge in [0.15, 0.2) is 0 Å². The maximum atomic E-state index is 11.4. The normalized spacial score (nSPS) is 14.1. The van der Waals surface area contributed by atoms with Gasteiger partial charge in [-0.3, -0.25) is 0 Å². The zero-order valence-corrected chi connectivity index (χ0v) is 10.2. The lowest BCUT2D eigenvalue weighted by molar-refractivity contribution is -0.143. The minimum Gasteiger partial charge on any atom is -0.480 e. The number of azide groups is 1. The van der Waals surface area contributed by atoms with Crippen LogP contribution in [0.15, 0.2) is 5.11 Å². The summed E-state index contributed by atoms with van der Waals surface area (Å²) in [5.74, 6) is -1.31. The fourth-order valence-corrected chi connectivity index (χ4v) is 0.863. The molecule has 1 atom stereocenters. The number of nitrogens with one attached hydrogen (secondary N) is 1. The molecule has 96 valence electrons. The molecule has 8 nitrogen and oxygen atoms in total. The second-order valence-corrected chi connectivity index (χ2v) is 4.65. The van der Waals surface area contributed by atoms with Crippen molar-refractivity contribution in [1.82, 2.24) is 5.32 Å². The van der Waals surface area contributed by atoms with Crippen LogP contribution in [0.2, 0.25) is 0 Å². The third-order valence-electron chi connectivity index (χ3n) is 1.70. The van der Waals surface area contributed by atoms with Crippen molar-refractivity contribution in [2.75, 3.05) is 6.54 Å². The topological polar surface area (TPSA) is 124 Å². The van der Waals surface area contributed by atoms with Crippen LogP contribution in [0.4, 0.5) is 4.79 Å². The summed E-state index contributed by atoms with van der Waals surface area (Å²) >= 11 is 0. The zero-order valence-electron chi connectivity index (χ0n) is 10.2. The third kappa shape index (κ3) is 5.62. The van der Waals surface area contributed by atoms with E-state index in [1.807, 2.05) is 0 Å². The van der Waals surface area contributed by atoms with E-state index in [1.165, 1.54) is 6.92 Å². The summed E-state index contributed by atoms with van der Waals surface area (Å²) in [5, 5.41) is 14.3. The molecule has 0 aliphatic rings. The molecule has 0 aromatic carbocycles. The first-order valence-electron chi connectivity index (χ1n) is 4.86. The lowest BCUT2D eigenvalue weighted by Gasteiger charge is -2.27. The number of hydrogen-bond donors (Lipinski definition) is 2. The SMILES string of the molecule is CC(C)(C)OC(=O)N[C@@](C)(CN=[N+]=[N-])C(=O)O. The summed E-state index contributed by atoms with van der Waals surface area (Å²) in [6, 6.07) is 0. The molecule has 0 saturated carbocycles. The Morgan fingerprint density at radius 2 is 1.94 bits per heavy atom. The molecule has 0 aliphatic carbocycles. The Morgan fingerprint density at radius 3 is 2.29 bits per heavy atom. The zero-order chi connectivity index (χ0) is 13.7. The quantitative estimate of drug-likeness (QED) is 0.443. The van der Waals surface area contributed by atoms with Gasteiger partial charge in [0.05, 0.1) is 6.54 Å². The number of carboxylic acid groups (broad SMARTS) is 1. The minimum atomic E-state index is -1.69. The average Bonchev–Trinajstić information content (AvgIpc) is 2.11. The molecule has 0 radical (unpaired) electrons. The van der Waals surface area contributed by atoms with Crippen LogP contribution in [0.5, 0.6) is 0 Å². The third-order valence-corrected chi connectivity index (χ3v) is 1.70. The van der Waals surface area contributed by atoms with E-state index in [4.69, 9.17) is 15.4 Å². The van der Waals surface area contributed by atoms with Crippen molar-refractivity contribution >= 4 is 12.1 Å². The number of ether oxygens (including phenoxy) is 1. The van der Waals surface area contributed by atoms with Gasteiger partial charge in [0.2, 0.25) is 0 Å². The monoisotopic (exact) mass is 244 g/mol. The molecule has 0 saturated heterocycles. The predicted octanol–water partition coefficient (Wildman–Crippen LogP) is 1.66. The Kier molecular flexibility index (Phi) is 4.78. The highest BCUT2D eigenvalue weighted by atomic mass is 16.6. The van der Waals surface area contributed by atoms with E-state index >= 15 is 0 Å². The Bertz CT molecular complexity index is 356. The van der Waals surface area contributed by atoms with Gasteiger partial charge in [0.1, 0.15) is 11.1 Å². The van der Waals surface area contributed by atoms with Crippen LogP contribution in [0.1, 0.15) is 27.7 Å². The fourth-order valence-electron chi connectivity index (χ4n) is 0.863. The van der Waals surface area contributed by atoms with Gasteiger partial charge >= 0.3 is 12.1 Å². The largest absolute Gasteiger partial charge is 0.480 e. The molecule has 17 heavy (non-hydrogen) atoms. The first kappa shape index (κ1) is 15.0. The molecule has 0 aromatic rings. The summed E-state index contributed by atoms with van der Waals surface area (Å²) in [6.07, 6.45) is -0.879. The number of carboxylic acids is 1. The van der Waals surface area contributed by atoms with Gasteiger partial charge in [-0.1, -0.05) is 5.11 Å². The second-order valence-electron chi connectivity index (χ2n) is 4.65. The summed E-state index contributed by atoms with van der Waals surface area (Å²) in [4.78, 5) is 24.8. The van der Waals surface area contributed by atoms with Crippen LogP contribution in [0.25, 0.3) is 10.4 Å². The minimum absolute atomic E-state index is 0.405. The Hall–Kier alpha value is -1.95. The van der Waals surface area contributed by atoms with Gasteiger partial charge < -0.3 is 15.2 Å². The maximum absolute atomic E-state index is 11.4. The number of rotatable bonds is 4. The van der Waals surface area contributed by atoms with E-state index in [0.29, 0.717) is 0 Å². The highest BCUT2D eigenvalue weighted by Crippen LogP contribution is 2.10. The van der Waals surface area contributed by atoms with Crippen molar-refractivity contribution < 1.29 is 19.4 Å². The summed E-state index contributed by atoms with van der Waals surface area (Å²) < 4.78 is 4.92. The molecule has 0 aliphatic heterocycles. The standard InChI is InChI=1S/C9H16N4O4/c1-8(2,3)17-7(16)12-9(4,6(14)15)5-11-13-10/h5H2,1-4H3,(H,12,16)(H,14,15)/t9-/m0/s1. The molecule has 0 fully saturated rings. The van der Waals surface area contributed by atoms with Gasteiger partial charge in [-0.2, -0.15) is 0 Å². The van der Waals surface area contributed by atoms with Gasteiger partial charge in [0, 0.05) is 4.91 Å². The highest BCUT2D eigenvalue weighted by molar-refractivity contribution is 5.84. The molecular weight excluding hydrogens is 228 g/mol. The maximum Gasteiger partial charge on any atom is 0.408 e. The summed E-state index contributed by atoms with van der Waals surface area (Å²) in [5.41, 5.74) is 5.73. The molecular formula is C9H16N4O4. The van der Waals surface area contributed by atoms with Gasteiger partial charge in [-0.05, 0) is 33.2 Å². The number of hydrogen-bond acceptors (Lipinski definition) is 4. The van der Waals surface area contributed by atoms with E-state index < -0.39 is 29.7 Å². The average molecular weight is 244 g/mol. The number of nitrogens with zero attached hydrogens (tertiary/aromatic N) is 3. The number of alkyl carbamates (subject to hydrolysis) is 1. The fraction of sp³-hybridized carbons (Fsp3) is 0.778. The molecule has 0 heterocycles. The van der Waals surface area contributed by atoms with Crippen molar-refractivity contribution in [2.45, 2.75) is 38.8 Å². The number of aliphatic carboxylic acids is 1. The molecule has 0 spiro atoms. The molecule has 2 N–H and O–H groups in total. The first-order valence-corrected chi connectivity index (χ1v) is 4.86. The van der Waals surface area contributed by atoms with E-state index in [-0.39, 0.29) is 0 Å². The van der Waals surface area contributed by atoms with Crippen LogP contribution in [0, 0.1) is 0 Å². The second kappa shape index (κ2) is 5.40. The van der Waals surface area contributed by atoms with Crippen LogP contribution in [0.3, 0.4) is 0 Å². The Labute approximate surface area is 98.6 Å². The number of carbonyl (C=O) groups is 2. The first-order chi connectivity index (χ1) is 7.60. The van der Waals surface area contributed by atoms with E-state index in [0.717, 1.165) is 0 Å². The van der Waals surface area contributed by atoms with Gasteiger partial charge in [-0.25, -0.2) is 9.59 Å². The van der Waals surface area contributed by atoms with Crippen LogP contribution < -0.4 is 5.32 Å². The highest BCUT2D eigenvalue weighted by Gasteiger charge is 2.35. The van der Waals surface area contributed by atoms with E-state index in [9.17, 15) is 9.59 Å². The Balaban J connectivity index is 4.71. The molecule has 8 heteroatoms. The van der Waals surface area contributed by atoms with Crippen molar-refractivity contribution in [3.8, 4) is 0 Å². The van der Waals surface area contributed by atoms with Crippen molar-refractivity contribution in [3.05, 3.63) is 10.4 Å². The molecule has 0 rings (SSSR count). The van der Waals surface area contributed by atoms with Crippen molar-refractivity contribution in [1.29, 1.82) is 0 Å².